The third kappa shape index (κ3) is 2.87. The molecule has 6 nitrogen and oxygen atoms in total. The molecular weight excluding hydrogens is 328 g/mol. The molecule has 2 saturated heterocycles. The fourth-order valence-corrected chi connectivity index (χ4v) is 3.97. The minimum absolute atomic E-state index is 0.0401. The molecule has 0 unspecified atom stereocenters. The molecule has 4 heterocycles. The highest BCUT2D eigenvalue weighted by Crippen LogP contribution is 2.34. The lowest BCUT2D eigenvalue weighted by atomic mass is 10.0. The zero-order valence-corrected chi connectivity index (χ0v) is 14.6. The van der Waals surface area contributed by atoms with Gasteiger partial charge in [0.05, 0.1) is 12.7 Å². The lowest BCUT2D eigenvalue weighted by molar-refractivity contribution is -0.190. The van der Waals surface area contributed by atoms with Gasteiger partial charge in [0.15, 0.2) is 16.6 Å². The Morgan fingerprint density at radius 1 is 1.38 bits per heavy atom. The van der Waals surface area contributed by atoms with Crippen molar-refractivity contribution in [3.63, 3.8) is 0 Å². The number of furan rings is 1. The van der Waals surface area contributed by atoms with Gasteiger partial charge in [-0.15, -0.1) is 11.3 Å². The van der Waals surface area contributed by atoms with E-state index in [1.54, 1.807) is 5.38 Å². The van der Waals surface area contributed by atoms with Gasteiger partial charge in [0, 0.05) is 31.3 Å². The normalized spacial score (nSPS) is 23.1. The highest BCUT2D eigenvalue weighted by atomic mass is 32.1. The second-order valence-corrected chi connectivity index (χ2v) is 7.25. The van der Waals surface area contributed by atoms with Crippen molar-refractivity contribution in [3.05, 3.63) is 29.0 Å². The van der Waals surface area contributed by atoms with Crippen LogP contribution in [-0.2, 0) is 9.47 Å². The number of rotatable bonds is 2. The van der Waals surface area contributed by atoms with Crippen molar-refractivity contribution < 1.29 is 18.7 Å². The van der Waals surface area contributed by atoms with E-state index in [4.69, 9.17) is 13.9 Å². The van der Waals surface area contributed by atoms with Gasteiger partial charge in [-0.1, -0.05) is 0 Å². The average molecular weight is 348 g/mol. The van der Waals surface area contributed by atoms with Crippen LogP contribution in [0.1, 0.15) is 36.0 Å². The maximum Gasteiger partial charge on any atom is 0.273 e. The monoisotopic (exact) mass is 348 g/mol. The molecule has 2 aliphatic rings. The predicted octanol–water partition coefficient (Wildman–Crippen LogP) is 3.08. The Morgan fingerprint density at radius 3 is 2.79 bits per heavy atom. The predicted molar refractivity (Wildman–Crippen MR) is 88.9 cm³/mol. The molecule has 0 saturated carbocycles. The molecule has 0 N–H and O–H groups in total. The Hall–Kier alpha value is -1.70. The molecule has 0 aromatic carbocycles. The maximum absolute atomic E-state index is 12.7. The van der Waals surface area contributed by atoms with Crippen LogP contribution >= 0.6 is 11.3 Å². The van der Waals surface area contributed by atoms with Crippen molar-refractivity contribution in [2.24, 2.45) is 0 Å². The molecule has 4 rings (SSSR count). The van der Waals surface area contributed by atoms with Gasteiger partial charge in [-0.3, -0.25) is 4.79 Å². The van der Waals surface area contributed by atoms with Crippen LogP contribution in [0.2, 0.25) is 0 Å². The molecule has 24 heavy (non-hydrogen) atoms. The molecule has 2 aliphatic heterocycles. The Morgan fingerprint density at radius 2 is 2.17 bits per heavy atom. The number of thiazole rings is 1. The number of likely N-dealkylation sites (tertiary alicyclic amines) is 1. The molecule has 2 aromatic rings. The number of ether oxygens (including phenoxy) is 2. The SMILES string of the molecule is Cc1ccc(-c2nc(C(=O)N3CCC4(CC3)OC[C@H](C)O4)cs2)o1. The topological polar surface area (TPSA) is 64.8 Å². The number of aromatic nitrogens is 1. The van der Waals surface area contributed by atoms with Gasteiger partial charge in [-0.25, -0.2) is 4.98 Å². The Balaban J connectivity index is 1.43. The Kier molecular flexibility index (Phi) is 3.94. The summed E-state index contributed by atoms with van der Waals surface area (Å²) in [5.41, 5.74) is 0.474. The molecule has 1 spiro atoms. The quantitative estimate of drug-likeness (QED) is 0.834. The number of hydrogen-bond donors (Lipinski definition) is 0. The average Bonchev–Trinajstić information content (AvgIpc) is 3.28. The zero-order chi connectivity index (χ0) is 16.7. The maximum atomic E-state index is 12.7. The first-order valence-electron chi connectivity index (χ1n) is 8.18. The van der Waals surface area contributed by atoms with E-state index in [1.165, 1.54) is 11.3 Å². The number of nitrogens with zero attached hydrogens (tertiary/aromatic N) is 2. The summed E-state index contributed by atoms with van der Waals surface area (Å²) < 4.78 is 17.3. The van der Waals surface area contributed by atoms with Crippen LogP contribution in [0.15, 0.2) is 21.9 Å². The van der Waals surface area contributed by atoms with E-state index < -0.39 is 5.79 Å². The van der Waals surface area contributed by atoms with Gasteiger partial charge in [0.25, 0.3) is 5.91 Å². The van der Waals surface area contributed by atoms with Crippen LogP contribution in [0.4, 0.5) is 0 Å². The summed E-state index contributed by atoms with van der Waals surface area (Å²) in [6, 6.07) is 3.77. The lowest BCUT2D eigenvalue weighted by Gasteiger charge is -2.37. The van der Waals surface area contributed by atoms with E-state index in [0.717, 1.165) is 10.8 Å². The van der Waals surface area contributed by atoms with Crippen LogP contribution in [0.3, 0.4) is 0 Å². The number of amides is 1. The Labute approximate surface area is 144 Å². The first-order valence-corrected chi connectivity index (χ1v) is 9.06. The highest BCUT2D eigenvalue weighted by molar-refractivity contribution is 7.13. The van der Waals surface area contributed by atoms with E-state index in [-0.39, 0.29) is 12.0 Å². The van der Waals surface area contributed by atoms with Gasteiger partial charge >= 0.3 is 0 Å². The van der Waals surface area contributed by atoms with Crippen LogP contribution in [0.5, 0.6) is 0 Å². The summed E-state index contributed by atoms with van der Waals surface area (Å²) in [5.74, 6) is 1.01. The van der Waals surface area contributed by atoms with Crippen molar-refractivity contribution in [3.8, 4) is 10.8 Å². The highest BCUT2D eigenvalue weighted by Gasteiger charge is 2.43. The van der Waals surface area contributed by atoms with Crippen molar-refractivity contribution in [2.75, 3.05) is 19.7 Å². The van der Waals surface area contributed by atoms with Gasteiger partial charge in [-0.2, -0.15) is 0 Å². The van der Waals surface area contributed by atoms with Crippen molar-refractivity contribution in [1.82, 2.24) is 9.88 Å². The summed E-state index contributed by atoms with van der Waals surface area (Å²) in [5, 5.41) is 2.53. The van der Waals surface area contributed by atoms with Crippen LogP contribution in [0, 0.1) is 6.92 Å². The summed E-state index contributed by atoms with van der Waals surface area (Å²) in [7, 11) is 0. The van der Waals surface area contributed by atoms with Gasteiger partial charge in [-0.05, 0) is 26.0 Å². The van der Waals surface area contributed by atoms with E-state index in [1.807, 2.05) is 30.9 Å². The second kappa shape index (κ2) is 5.98. The summed E-state index contributed by atoms with van der Waals surface area (Å²) in [6.07, 6.45) is 1.54. The van der Waals surface area contributed by atoms with Crippen molar-refractivity contribution >= 4 is 17.2 Å². The van der Waals surface area contributed by atoms with Gasteiger partial charge in [0.2, 0.25) is 0 Å². The fourth-order valence-electron chi connectivity index (χ4n) is 3.21. The number of aryl methyl sites for hydroxylation is 1. The molecular formula is C17H20N2O4S. The van der Waals surface area contributed by atoms with E-state index >= 15 is 0 Å². The number of hydrogen-bond acceptors (Lipinski definition) is 6. The third-order valence-electron chi connectivity index (χ3n) is 4.48. The largest absolute Gasteiger partial charge is 0.459 e. The smallest absolute Gasteiger partial charge is 0.273 e. The van der Waals surface area contributed by atoms with E-state index in [2.05, 4.69) is 4.98 Å². The van der Waals surface area contributed by atoms with Crippen LogP contribution in [0.25, 0.3) is 10.8 Å². The summed E-state index contributed by atoms with van der Waals surface area (Å²) >= 11 is 1.43. The molecule has 1 atom stereocenters. The molecule has 2 aromatic heterocycles. The van der Waals surface area contributed by atoms with E-state index in [9.17, 15) is 4.79 Å². The molecule has 0 aliphatic carbocycles. The Bertz CT molecular complexity index is 745. The fraction of sp³-hybridized carbons (Fsp3) is 0.529. The minimum atomic E-state index is -0.491. The zero-order valence-electron chi connectivity index (χ0n) is 13.8. The van der Waals surface area contributed by atoms with E-state index in [0.29, 0.717) is 44.0 Å². The third-order valence-corrected chi connectivity index (χ3v) is 5.34. The first kappa shape index (κ1) is 15.8. The number of carbonyl (C=O) groups excluding carboxylic acids is 1. The first-order chi connectivity index (χ1) is 11.5. The molecule has 0 radical (unpaired) electrons. The molecule has 2 fully saturated rings. The molecule has 7 heteroatoms. The standard InChI is InChI=1S/C17H20N2O4S/c1-11-3-4-14(22-11)15-18-13(10-24-15)16(20)19-7-5-17(6-8-19)21-9-12(2)23-17/h3-4,10,12H,5-9H2,1-2H3/t12-/m0/s1. The minimum Gasteiger partial charge on any atom is -0.459 e. The number of piperidine rings is 1. The molecule has 128 valence electrons. The van der Waals surface area contributed by atoms with Crippen LogP contribution < -0.4 is 0 Å². The summed E-state index contributed by atoms with van der Waals surface area (Å²) in [4.78, 5) is 18.9. The second-order valence-electron chi connectivity index (χ2n) is 6.39. The number of carbonyl (C=O) groups is 1. The lowest BCUT2D eigenvalue weighted by Crippen LogP contribution is -2.47. The van der Waals surface area contributed by atoms with Gasteiger partial charge in [0.1, 0.15) is 11.5 Å². The van der Waals surface area contributed by atoms with Gasteiger partial charge < -0.3 is 18.8 Å². The summed E-state index contributed by atoms with van der Waals surface area (Å²) in [6.45, 7) is 5.78. The molecule has 0 bridgehead atoms. The molecule has 1 amide bonds. The van der Waals surface area contributed by atoms with Crippen molar-refractivity contribution in [1.29, 1.82) is 0 Å². The van der Waals surface area contributed by atoms with Crippen LogP contribution in [-0.4, -0.2) is 47.4 Å². The van der Waals surface area contributed by atoms with Crippen molar-refractivity contribution in [2.45, 2.75) is 38.6 Å².